The maximum atomic E-state index is 12.4. The Morgan fingerprint density at radius 1 is 1.50 bits per heavy atom. The summed E-state index contributed by atoms with van der Waals surface area (Å²) < 4.78 is 24.8. The van der Waals surface area contributed by atoms with Crippen molar-refractivity contribution in [3.05, 3.63) is 39.4 Å². The topological polar surface area (TPSA) is 83.7 Å². The third kappa shape index (κ3) is 3.70. The van der Waals surface area contributed by atoms with E-state index in [9.17, 15) is 23.7 Å². The molecule has 1 aromatic carbocycles. The van der Waals surface area contributed by atoms with E-state index >= 15 is 0 Å². The quantitative estimate of drug-likeness (QED) is 0.636. The molecule has 0 unspecified atom stereocenters. The predicted molar refractivity (Wildman–Crippen MR) is 66.8 cm³/mol. The summed E-state index contributed by atoms with van der Waals surface area (Å²) in [5, 5.41) is 19.6. The van der Waals surface area contributed by atoms with Crippen LogP contribution in [0.1, 0.15) is 15.9 Å². The Morgan fingerprint density at radius 3 is 2.65 bits per heavy atom. The van der Waals surface area contributed by atoms with E-state index in [1.807, 2.05) is 0 Å². The summed E-state index contributed by atoms with van der Waals surface area (Å²) in [6, 6.07) is 3.88. The monoisotopic (exact) mass is 288 g/mol. The first kappa shape index (κ1) is 16.0. The van der Waals surface area contributed by atoms with E-state index in [0.29, 0.717) is 0 Å². The van der Waals surface area contributed by atoms with Crippen LogP contribution in [0.4, 0.5) is 14.5 Å². The molecule has 1 aromatic rings. The van der Waals surface area contributed by atoms with Gasteiger partial charge < -0.3 is 10.0 Å². The molecule has 0 fully saturated rings. The van der Waals surface area contributed by atoms with Gasteiger partial charge in [0.2, 0.25) is 0 Å². The molecule has 1 amide bonds. The Hall–Kier alpha value is -2.09. The number of aliphatic hydroxyl groups is 1. The van der Waals surface area contributed by atoms with Crippen molar-refractivity contribution in [2.75, 3.05) is 19.7 Å². The number of nitrogens with zero attached hydrogens (tertiary/aromatic N) is 2. The van der Waals surface area contributed by atoms with Crippen molar-refractivity contribution in [3.8, 4) is 0 Å². The van der Waals surface area contributed by atoms with Gasteiger partial charge in [-0.3, -0.25) is 14.9 Å². The molecule has 0 aliphatic heterocycles. The standard InChI is InChI=1S/C12H14F2N2O4/c1-8-9(3-2-4-10(8)16(19)20)12(18)15(5-6-17)7-11(13)14/h2-4,11,17H,5-7H2,1H3. The van der Waals surface area contributed by atoms with Crippen molar-refractivity contribution in [2.24, 2.45) is 0 Å². The fourth-order valence-corrected chi connectivity index (χ4v) is 1.79. The van der Waals surface area contributed by atoms with E-state index in [1.165, 1.54) is 25.1 Å². The van der Waals surface area contributed by atoms with E-state index in [4.69, 9.17) is 5.11 Å². The van der Waals surface area contributed by atoms with E-state index in [2.05, 4.69) is 0 Å². The molecule has 0 aliphatic rings. The second-order valence-corrected chi connectivity index (χ2v) is 4.07. The lowest BCUT2D eigenvalue weighted by atomic mass is 10.1. The molecule has 6 nitrogen and oxygen atoms in total. The van der Waals surface area contributed by atoms with Crippen LogP contribution in [0.25, 0.3) is 0 Å². The number of nitro benzene ring substituents is 1. The van der Waals surface area contributed by atoms with Crippen molar-refractivity contribution in [3.63, 3.8) is 0 Å². The molecule has 110 valence electrons. The fourth-order valence-electron chi connectivity index (χ4n) is 1.79. The average molecular weight is 288 g/mol. The average Bonchev–Trinajstić information content (AvgIpc) is 2.37. The number of alkyl halides is 2. The molecule has 0 radical (unpaired) electrons. The Kier molecular flexibility index (Phi) is 5.51. The first-order chi connectivity index (χ1) is 9.38. The molecule has 1 rings (SSSR count). The lowest BCUT2D eigenvalue weighted by Gasteiger charge is -2.22. The zero-order chi connectivity index (χ0) is 15.3. The number of hydrogen-bond donors (Lipinski definition) is 1. The van der Waals surface area contributed by atoms with Crippen LogP contribution in [-0.2, 0) is 0 Å². The molecule has 8 heteroatoms. The van der Waals surface area contributed by atoms with Gasteiger partial charge in [0, 0.05) is 23.7 Å². The number of nitro groups is 1. The molecule has 0 atom stereocenters. The number of carbonyl (C=O) groups excluding carboxylic acids is 1. The van der Waals surface area contributed by atoms with Gasteiger partial charge in [-0.1, -0.05) is 6.07 Å². The van der Waals surface area contributed by atoms with Crippen LogP contribution >= 0.6 is 0 Å². The molecule has 0 aromatic heterocycles. The Labute approximate surface area is 113 Å². The third-order valence-electron chi connectivity index (χ3n) is 2.75. The van der Waals surface area contributed by atoms with E-state index in [1.54, 1.807) is 0 Å². The summed E-state index contributed by atoms with van der Waals surface area (Å²) in [6.07, 6.45) is -2.75. The van der Waals surface area contributed by atoms with E-state index in [-0.39, 0.29) is 23.4 Å². The van der Waals surface area contributed by atoms with Gasteiger partial charge in [0.15, 0.2) is 0 Å². The van der Waals surface area contributed by atoms with Crippen LogP contribution in [0.5, 0.6) is 0 Å². The van der Waals surface area contributed by atoms with E-state index in [0.717, 1.165) is 4.90 Å². The minimum Gasteiger partial charge on any atom is -0.395 e. The number of carbonyl (C=O) groups is 1. The van der Waals surface area contributed by atoms with Gasteiger partial charge in [-0.25, -0.2) is 8.78 Å². The SMILES string of the molecule is Cc1c(C(=O)N(CCO)CC(F)F)cccc1[N+](=O)[O-]. The van der Waals surface area contributed by atoms with Gasteiger partial charge in [0.1, 0.15) is 0 Å². The summed E-state index contributed by atoms with van der Waals surface area (Å²) in [4.78, 5) is 23.0. The maximum Gasteiger partial charge on any atom is 0.273 e. The molecule has 20 heavy (non-hydrogen) atoms. The molecule has 0 bridgehead atoms. The van der Waals surface area contributed by atoms with Crippen LogP contribution in [-0.4, -0.2) is 47.0 Å². The highest BCUT2D eigenvalue weighted by molar-refractivity contribution is 5.96. The number of halogens is 2. The number of rotatable bonds is 6. The zero-order valence-corrected chi connectivity index (χ0v) is 10.8. The van der Waals surface area contributed by atoms with Crippen molar-refractivity contribution >= 4 is 11.6 Å². The molecular weight excluding hydrogens is 274 g/mol. The number of aliphatic hydroxyl groups excluding tert-OH is 1. The molecular formula is C12H14F2N2O4. The summed E-state index contributed by atoms with van der Waals surface area (Å²) in [5.41, 5.74) is -0.162. The van der Waals surface area contributed by atoms with Gasteiger partial charge in [-0.2, -0.15) is 0 Å². The smallest absolute Gasteiger partial charge is 0.273 e. The molecule has 0 saturated carbocycles. The minimum absolute atomic E-state index is 0.0201. The molecule has 0 aliphatic carbocycles. The van der Waals surface area contributed by atoms with Crippen LogP contribution in [0.15, 0.2) is 18.2 Å². The van der Waals surface area contributed by atoms with Gasteiger partial charge in [-0.15, -0.1) is 0 Å². The lowest BCUT2D eigenvalue weighted by molar-refractivity contribution is -0.385. The summed E-state index contributed by atoms with van der Waals surface area (Å²) in [7, 11) is 0. The summed E-state index contributed by atoms with van der Waals surface area (Å²) >= 11 is 0. The van der Waals surface area contributed by atoms with Crippen LogP contribution in [0.3, 0.4) is 0 Å². The Balaban J connectivity index is 3.11. The molecule has 0 saturated heterocycles. The Morgan fingerprint density at radius 2 is 2.15 bits per heavy atom. The first-order valence-corrected chi connectivity index (χ1v) is 5.80. The molecule has 1 N–H and O–H groups in total. The number of hydrogen-bond acceptors (Lipinski definition) is 4. The van der Waals surface area contributed by atoms with Gasteiger partial charge in [-0.05, 0) is 13.0 Å². The molecule has 0 spiro atoms. The largest absolute Gasteiger partial charge is 0.395 e. The van der Waals surface area contributed by atoms with Crippen LogP contribution in [0.2, 0.25) is 0 Å². The third-order valence-corrected chi connectivity index (χ3v) is 2.75. The van der Waals surface area contributed by atoms with Gasteiger partial charge >= 0.3 is 0 Å². The van der Waals surface area contributed by atoms with Crippen LogP contribution < -0.4 is 0 Å². The highest BCUT2D eigenvalue weighted by atomic mass is 19.3. The van der Waals surface area contributed by atoms with Gasteiger partial charge in [0.05, 0.1) is 18.1 Å². The highest BCUT2D eigenvalue weighted by Crippen LogP contribution is 2.22. The molecule has 0 heterocycles. The van der Waals surface area contributed by atoms with Crippen molar-refractivity contribution in [1.29, 1.82) is 0 Å². The first-order valence-electron chi connectivity index (χ1n) is 5.80. The summed E-state index contributed by atoms with van der Waals surface area (Å²) in [6.45, 7) is -0.176. The van der Waals surface area contributed by atoms with Crippen molar-refractivity contribution < 1.29 is 23.6 Å². The predicted octanol–water partition coefficient (Wildman–Crippen LogP) is 1.60. The minimum atomic E-state index is -2.75. The highest BCUT2D eigenvalue weighted by Gasteiger charge is 2.24. The lowest BCUT2D eigenvalue weighted by Crippen LogP contribution is -2.37. The second-order valence-electron chi connectivity index (χ2n) is 4.07. The van der Waals surface area contributed by atoms with Gasteiger partial charge in [0.25, 0.3) is 18.0 Å². The normalized spacial score (nSPS) is 10.7. The van der Waals surface area contributed by atoms with Crippen molar-refractivity contribution in [1.82, 2.24) is 4.90 Å². The van der Waals surface area contributed by atoms with Crippen molar-refractivity contribution in [2.45, 2.75) is 13.3 Å². The zero-order valence-electron chi connectivity index (χ0n) is 10.8. The summed E-state index contributed by atoms with van der Waals surface area (Å²) in [5.74, 6) is -0.763. The fraction of sp³-hybridized carbons (Fsp3) is 0.417. The van der Waals surface area contributed by atoms with Crippen LogP contribution in [0, 0.1) is 17.0 Å². The number of amides is 1. The number of benzene rings is 1. The maximum absolute atomic E-state index is 12.4. The second kappa shape index (κ2) is 6.90. The van der Waals surface area contributed by atoms with E-state index < -0.39 is 30.4 Å². The Bertz CT molecular complexity index is 508.